The van der Waals surface area contributed by atoms with Crippen molar-refractivity contribution in [3.8, 4) is 0 Å². The van der Waals surface area contributed by atoms with Crippen molar-refractivity contribution in [2.45, 2.75) is 45.1 Å². The lowest BCUT2D eigenvalue weighted by molar-refractivity contribution is -0.0349. The Morgan fingerprint density at radius 2 is 1.71 bits per heavy atom. The molecule has 2 amide bonds. The van der Waals surface area contributed by atoms with E-state index in [4.69, 9.17) is 4.74 Å². The van der Waals surface area contributed by atoms with E-state index in [1.54, 1.807) is 0 Å². The summed E-state index contributed by atoms with van der Waals surface area (Å²) in [5.74, 6) is 0. The van der Waals surface area contributed by atoms with Gasteiger partial charge in [-0.05, 0) is 26.7 Å². The molecule has 0 N–H and O–H groups in total. The number of carbonyl (C=O) groups is 1. The third-order valence-electron chi connectivity index (χ3n) is 3.75. The first-order valence-corrected chi connectivity index (χ1v) is 6.75. The Morgan fingerprint density at radius 3 is 2.29 bits per heavy atom. The number of urea groups is 1. The molecule has 0 aromatic rings. The molecule has 4 nitrogen and oxygen atoms in total. The molecule has 0 aromatic heterocycles. The number of rotatable bonds is 0. The molecule has 0 unspecified atom stereocenters. The Bertz CT molecular complexity index is 271. The summed E-state index contributed by atoms with van der Waals surface area (Å²) in [5.41, 5.74) is -0.165. The average Bonchev–Trinajstić information content (AvgIpc) is 2.56. The number of amides is 2. The fraction of sp³-hybridized carbons (Fsp3) is 0.923. The van der Waals surface area contributed by atoms with Crippen LogP contribution >= 0.6 is 0 Å². The number of likely N-dealkylation sites (tertiary alicyclic amines) is 1. The Kier molecular flexibility index (Phi) is 3.92. The molecule has 0 radical (unpaired) electrons. The zero-order valence-electron chi connectivity index (χ0n) is 11.1. The highest BCUT2D eigenvalue weighted by atomic mass is 16.5. The summed E-state index contributed by atoms with van der Waals surface area (Å²) in [6.07, 6.45) is 4.82. The molecule has 2 rings (SSSR count). The molecule has 2 aliphatic heterocycles. The van der Waals surface area contributed by atoms with Crippen LogP contribution in [0.2, 0.25) is 0 Å². The van der Waals surface area contributed by atoms with Crippen molar-refractivity contribution in [2.75, 3.05) is 32.8 Å². The lowest BCUT2D eigenvalue weighted by Gasteiger charge is -2.44. The number of nitrogens with zero attached hydrogens (tertiary/aromatic N) is 2. The minimum Gasteiger partial charge on any atom is -0.377 e. The van der Waals surface area contributed by atoms with E-state index < -0.39 is 0 Å². The first-order chi connectivity index (χ1) is 8.11. The summed E-state index contributed by atoms with van der Waals surface area (Å²) < 4.78 is 5.46. The maximum atomic E-state index is 12.5. The first kappa shape index (κ1) is 12.7. The van der Waals surface area contributed by atoms with Crippen LogP contribution < -0.4 is 0 Å². The van der Waals surface area contributed by atoms with Gasteiger partial charge < -0.3 is 14.5 Å². The van der Waals surface area contributed by atoms with Crippen molar-refractivity contribution < 1.29 is 9.53 Å². The van der Waals surface area contributed by atoms with Crippen LogP contribution in [0.5, 0.6) is 0 Å². The van der Waals surface area contributed by atoms with Crippen LogP contribution in [0.1, 0.15) is 39.5 Å². The predicted octanol–water partition coefficient (Wildman–Crippen LogP) is 2.09. The topological polar surface area (TPSA) is 32.8 Å². The molecule has 0 aliphatic carbocycles. The van der Waals surface area contributed by atoms with Gasteiger partial charge in [0.05, 0.1) is 18.8 Å². The average molecular weight is 240 g/mol. The van der Waals surface area contributed by atoms with E-state index in [0.29, 0.717) is 13.2 Å². The van der Waals surface area contributed by atoms with Crippen LogP contribution in [-0.4, -0.2) is 54.2 Å². The minimum absolute atomic E-state index is 0.165. The van der Waals surface area contributed by atoms with Crippen LogP contribution in [0.4, 0.5) is 4.79 Å². The van der Waals surface area contributed by atoms with E-state index in [9.17, 15) is 4.79 Å². The van der Waals surface area contributed by atoms with E-state index in [0.717, 1.165) is 32.5 Å². The monoisotopic (exact) mass is 240 g/mol. The van der Waals surface area contributed by atoms with E-state index in [2.05, 4.69) is 13.8 Å². The maximum absolute atomic E-state index is 12.5. The highest BCUT2D eigenvalue weighted by Gasteiger charge is 2.36. The molecule has 0 bridgehead atoms. The molecular weight excluding hydrogens is 216 g/mol. The van der Waals surface area contributed by atoms with Crippen molar-refractivity contribution in [1.29, 1.82) is 0 Å². The lowest BCUT2D eigenvalue weighted by Crippen LogP contribution is -2.59. The second-order valence-corrected chi connectivity index (χ2v) is 5.70. The summed E-state index contributed by atoms with van der Waals surface area (Å²) in [6.45, 7) is 8.06. The van der Waals surface area contributed by atoms with Gasteiger partial charge in [0.25, 0.3) is 0 Å². The van der Waals surface area contributed by atoms with Crippen LogP contribution in [0, 0.1) is 0 Å². The van der Waals surface area contributed by atoms with Gasteiger partial charge in [0, 0.05) is 19.6 Å². The van der Waals surface area contributed by atoms with Crippen molar-refractivity contribution in [3.63, 3.8) is 0 Å². The molecule has 0 atom stereocenters. The zero-order chi connectivity index (χ0) is 12.3. The molecule has 0 aromatic carbocycles. The number of hydrogen-bond acceptors (Lipinski definition) is 2. The highest BCUT2D eigenvalue weighted by molar-refractivity contribution is 5.75. The van der Waals surface area contributed by atoms with E-state index in [-0.39, 0.29) is 11.6 Å². The normalized spacial score (nSPS) is 25.5. The summed E-state index contributed by atoms with van der Waals surface area (Å²) in [4.78, 5) is 16.5. The standard InChI is InChI=1S/C13H24N2O2/c1-13(2)11-17-10-9-15(13)12(16)14-7-5-3-4-6-8-14/h3-11H2,1-2H3. The maximum Gasteiger partial charge on any atom is 0.320 e. The molecule has 0 saturated carbocycles. The third kappa shape index (κ3) is 2.92. The van der Waals surface area contributed by atoms with Crippen LogP contribution in [0.25, 0.3) is 0 Å². The summed E-state index contributed by atoms with van der Waals surface area (Å²) >= 11 is 0. The smallest absolute Gasteiger partial charge is 0.320 e. The molecule has 98 valence electrons. The molecular formula is C13H24N2O2. The quantitative estimate of drug-likeness (QED) is 0.649. The minimum atomic E-state index is -0.165. The first-order valence-electron chi connectivity index (χ1n) is 6.75. The predicted molar refractivity (Wildman–Crippen MR) is 67.0 cm³/mol. The fourth-order valence-electron chi connectivity index (χ4n) is 2.65. The second kappa shape index (κ2) is 5.25. The van der Waals surface area contributed by atoms with Gasteiger partial charge in [-0.15, -0.1) is 0 Å². The van der Waals surface area contributed by atoms with Crippen molar-refractivity contribution in [2.24, 2.45) is 0 Å². The highest BCUT2D eigenvalue weighted by Crippen LogP contribution is 2.22. The van der Waals surface area contributed by atoms with E-state index in [1.165, 1.54) is 12.8 Å². The van der Waals surface area contributed by atoms with Crippen molar-refractivity contribution in [3.05, 3.63) is 0 Å². The Morgan fingerprint density at radius 1 is 1.06 bits per heavy atom. The van der Waals surface area contributed by atoms with Crippen molar-refractivity contribution in [1.82, 2.24) is 9.80 Å². The number of hydrogen-bond donors (Lipinski definition) is 0. The second-order valence-electron chi connectivity index (χ2n) is 5.70. The van der Waals surface area contributed by atoms with Gasteiger partial charge in [0.2, 0.25) is 0 Å². The summed E-state index contributed by atoms with van der Waals surface area (Å²) in [5, 5.41) is 0. The molecule has 2 heterocycles. The Hall–Kier alpha value is -0.770. The largest absolute Gasteiger partial charge is 0.377 e. The van der Waals surface area contributed by atoms with Gasteiger partial charge in [0.15, 0.2) is 0 Å². The zero-order valence-corrected chi connectivity index (χ0v) is 11.1. The fourth-order valence-corrected chi connectivity index (χ4v) is 2.65. The van der Waals surface area contributed by atoms with Gasteiger partial charge in [-0.1, -0.05) is 12.8 Å². The van der Waals surface area contributed by atoms with Crippen LogP contribution in [-0.2, 0) is 4.74 Å². The molecule has 17 heavy (non-hydrogen) atoms. The van der Waals surface area contributed by atoms with E-state index in [1.807, 2.05) is 9.80 Å². The van der Waals surface area contributed by atoms with Crippen molar-refractivity contribution >= 4 is 6.03 Å². The molecule has 2 aliphatic rings. The number of ether oxygens (including phenoxy) is 1. The number of carbonyl (C=O) groups excluding carboxylic acids is 1. The summed E-state index contributed by atoms with van der Waals surface area (Å²) in [6, 6.07) is 0.209. The van der Waals surface area contributed by atoms with Crippen LogP contribution in [0.3, 0.4) is 0 Å². The third-order valence-corrected chi connectivity index (χ3v) is 3.75. The van der Waals surface area contributed by atoms with Gasteiger partial charge in [-0.25, -0.2) is 4.79 Å². The van der Waals surface area contributed by atoms with Gasteiger partial charge in [-0.3, -0.25) is 0 Å². The van der Waals surface area contributed by atoms with Crippen LogP contribution in [0.15, 0.2) is 0 Å². The van der Waals surface area contributed by atoms with E-state index >= 15 is 0 Å². The Labute approximate surface area is 104 Å². The Balaban J connectivity index is 2.01. The molecule has 2 fully saturated rings. The number of morpholine rings is 1. The summed E-state index contributed by atoms with van der Waals surface area (Å²) in [7, 11) is 0. The molecule has 2 saturated heterocycles. The van der Waals surface area contributed by atoms with Gasteiger partial charge >= 0.3 is 6.03 Å². The molecule has 0 spiro atoms. The van der Waals surface area contributed by atoms with Gasteiger partial charge in [-0.2, -0.15) is 0 Å². The molecule has 4 heteroatoms. The lowest BCUT2D eigenvalue weighted by atomic mass is 10.0. The SMILES string of the molecule is CC1(C)COCCN1C(=O)N1CCCCCC1. The van der Waals surface area contributed by atoms with Gasteiger partial charge in [0.1, 0.15) is 0 Å².